The van der Waals surface area contributed by atoms with E-state index in [9.17, 15) is 8.78 Å². The van der Waals surface area contributed by atoms with Gasteiger partial charge in [-0.05, 0) is 66.9 Å². The molecule has 0 heterocycles. The summed E-state index contributed by atoms with van der Waals surface area (Å²) in [4.78, 5) is 0.785. The topological polar surface area (TPSA) is 21.3 Å². The van der Waals surface area contributed by atoms with Crippen molar-refractivity contribution < 1.29 is 13.5 Å². The van der Waals surface area contributed by atoms with E-state index in [2.05, 4.69) is 16.6 Å². The van der Waals surface area contributed by atoms with Crippen molar-refractivity contribution in [3.63, 3.8) is 0 Å². The molecule has 0 radical (unpaired) electrons. The molecule has 0 saturated heterocycles. The fraction of sp³-hybridized carbons (Fsp3) is 0.0909. The summed E-state index contributed by atoms with van der Waals surface area (Å²) < 4.78 is 36.7. The smallest absolute Gasteiger partial charge is 0.151 e. The Hall–Kier alpha value is -2.68. The maximum atomic E-state index is 14.4. The molecule has 0 aliphatic rings. The van der Waals surface area contributed by atoms with Crippen molar-refractivity contribution in [1.29, 1.82) is 0 Å². The Balaban J connectivity index is 1.79. The molecule has 0 unspecified atom stereocenters. The number of nitrogens with one attached hydrogen (secondary N) is 1. The molecule has 1 N–H and O–H groups in total. The third kappa shape index (κ3) is 4.78. The number of anilines is 1. The third-order valence-corrected chi connectivity index (χ3v) is 5.32. The van der Waals surface area contributed by atoms with E-state index in [0.717, 1.165) is 22.4 Å². The van der Waals surface area contributed by atoms with Crippen molar-refractivity contribution in [2.45, 2.75) is 11.8 Å². The van der Waals surface area contributed by atoms with E-state index < -0.39 is 11.6 Å². The Morgan fingerprint density at radius 3 is 2.36 bits per heavy atom. The van der Waals surface area contributed by atoms with Crippen LogP contribution in [0.2, 0.25) is 5.02 Å². The van der Waals surface area contributed by atoms with E-state index in [-0.39, 0.29) is 11.3 Å². The van der Waals surface area contributed by atoms with E-state index in [1.807, 2.05) is 13.0 Å². The third-order valence-electron chi connectivity index (χ3n) is 3.94. The number of rotatable bonds is 4. The largest absolute Gasteiger partial charge is 0.497 e. The fourth-order valence-electron chi connectivity index (χ4n) is 2.39. The van der Waals surface area contributed by atoms with E-state index in [1.54, 1.807) is 43.5 Å². The first-order valence-corrected chi connectivity index (χ1v) is 9.50. The summed E-state index contributed by atoms with van der Waals surface area (Å²) in [5.74, 6) is 4.87. The van der Waals surface area contributed by atoms with E-state index >= 15 is 0 Å². The summed E-state index contributed by atoms with van der Waals surface area (Å²) in [6, 6.07) is 14.9. The van der Waals surface area contributed by atoms with Crippen LogP contribution in [-0.2, 0) is 0 Å². The molecule has 142 valence electrons. The SMILES string of the molecule is COc1cccc(C#Cc2cc(F)c(NSc3cccc(Cl)c3C)c(F)c2)c1. The van der Waals surface area contributed by atoms with Crippen LogP contribution in [0.3, 0.4) is 0 Å². The molecule has 0 aliphatic heterocycles. The lowest BCUT2D eigenvalue weighted by molar-refractivity contribution is 0.414. The average Bonchev–Trinajstić information content (AvgIpc) is 2.69. The average molecular weight is 416 g/mol. The van der Waals surface area contributed by atoms with Crippen LogP contribution in [-0.4, -0.2) is 7.11 Å². The van der Waals surface area contributed by atoms with Crippen LogP contribution in [0.1, 0.15) is 16.7 Å². The molecule has 2 nitrogen and oxygen atoms in total. The predicted octanol–water partition coefficient (Wildman–Crippen LogP) is 6.45. The normalized spacial score (nSPS) is 10.2. The van der Waals surface area contributed by atoms with Crippen LogP contribution >= 0.6 is 23.5 Å². The van der Waals surface area contributed by atoms with Gasteiger partial charge < -0.3 is 9.46 Å². The Bertz CT molecular complexity index is 1050. The summed E-state index contributed by atoms with van der Waals surface area (Å²) in [5, 5.41) is 0.593. The number of hydrogen-bond acceptors (Lipinski definition) is 3. The van der Waals surface area contributed by atoms with Gasteiger partial charge in [-0.25, -0.2) is 8.78 Å². The minimum atomic E-state index is -0.720. The number of halogens is 3. The Kier molecular flexibility index (Phi) is 6.45. The number of methoxy groups -OCH3 is 1. The van der Waals surface area contributed by atoms with Gasteiger partial charge in [0.25, 0.3) is 0 Å². The zero-order valence-corrected chi connectivity index (χ0v) is 16.7. The molecular formula is C22H16ClF2NOS. The maximum absolute atomic E-state index is 14.4. The first kappa shape index (κ1) is 20.1. The lowest BCUT2D eigenvalue weighted by Gasteiger charge is -2.10. The first-order chi connectivity index (χ1) is 13.5. The summed E-state index contributed by atoms with van der Waals surface area (Å²) in [6.07, 6.45) is 0. The second-order valence-corrected chi connectivity index (χ2v) is 7.12. The van der Waals surface area contributed by atoms with Crippen molar-refractivity contribution in [3.8, 4) is 17.6 Å². The highest BCUT2D eigenvalue weighted by Crippen LogP contribution is 2.31. The number of benzene rings is 3. The number of hydrogen-bond donors (Lipinski definition) is 1. The molecule has 3 aromatic carbocycles. The standard InChI is InChI=1S/C22H16ClF2NOS/c1-14-18(23)7-4-8-21(14)28-26-22-19(24)12-16(13-20(22)25)10-9-15-5-3-6-17(11-15)27-2/h3-8,11-13,26H,1-2H3. The highest BCUT2D eigenvalue weighted by molar-refractivity contribution is 8.00. The van der Waals surface area contributed by atoms with Crippen LogP contribution in [0.5, 0.6) is 5.75 Å². The van der Waals surface area contributed by atoms with E-state index in [4.69, 9.17) is 16.3 Å². The van der Waals surface area contributed by atoms with Crippen LogP contribution in [0.25, 0.3) is 0 Å². The van der Waals surface area contributed by atoms with Gasteiger partial charge in [-0.1, -0.05) is 35.6 Å². The second kappa shape index (κ2) is 9.01. The molecule has 0 atom stereocenters. The first-order valence-electron chi connectivity index (χ1n) is 8.31. The Morgan fingerprint density at radius 2 is 1.64 bits per heavy atom. The van der Waals surface area contributed by atoms with Crippen molar-refractivity contribution in [3.05, 3.63) is 87.9 Å². The quantitative estimate of drug-likeness (QED) is 0.390. The minimum absolute atomic E-state index is 0.226. The molecule has 3 rings (SSSR count). The van der Waals surface area contributed by atoms with Crippen molar-refractivity contribution >= 4 is 29.2 Å². The van der Waals surface area contributed by atoms with Crippen molar-refractivity contribution in [2.24, 2.45) is 0 Å². The van der Waals surface area contributed by atoms with Gasteiger partial charge in [0, 0.05) is 21.0 Å². The zero-order chi connectivity index (χ0) is 20.1. The zero-order valence-electron chi connectivity index (χ0n) is 15.1. The van der Waals surface area contributed by atoms with Crippen molar-refractivity contribution in [1.82, 2.24) is 0 Å². The summed E-state index contributed by atoms with van der Waals surface area (Å²) in [7, 11) is 1.56. The molecule has 3 aromatic rings. The molecule has 0 saturated carbocycles. The molecule has 0 fully saturated rings. The van der Waals surface area contributed by atoms with E-state index in [0.29, 0.717) is 16.3 Å². The Morgan fingerprint density at radius 1 is 0.964 bits per heavy atom. The van der Waals surface area contributed by atoms with Crippen LogP contribution in [0, 0.1) is 30.4 Å². The molecule has 0 bridgehead atoms. The molecular weight excluding hydrogens is 400 g/mol. The number of ether oxygens (including phenoxy) is 1. The predicted molar refractivity (Wildman–Crippen MR) is 111 cm³/mol. The van der Waals surface area contributed by atoms with Gasteiger partial charge in [0.05, 0.1) is 7.11 Å². The highest BCUT2D eigenvalue weighted by atomic mass is 35.5. The lowest BCUT2D eigenvalue weighted by atomic mass is 10.1. The minimum Gasteiger partial charge on any atom is -0.497 e. The molecule has 6 heteroatoms. The van der Waals surface area contributed by atoms with Gasteiger partial charge in [-0.2, -0.15) is 0 Å². The van der Waals surface area contributed by atoms with Gasteiger partial charge >= 0.3 is 0 Å². The maximum Gasteiger partial charge on any atom is 0.151 e. The molecule has 0 amide bonds. The van der Waals surface area contributed by atoms with Gasteiger partial charge in [0.2, 0.25) is 0 Å². The van der Waals surface area contributed by atoms with Crippen LogP contribution in [0.4, 0.5) is 14.5 Å². The van der Waals surface area contributed by atoms with Crippen LogP contribution < -0.4 is 9.46 Å². The van der Waals surface area contributed by atoms with Gasteiger partial charge in [0.1, 0.15) is 11.4 Å². The molecule has 0 aromatic heterocycles. The monoisotopic (exact) mass is 415 g/mol. The Labute approximate surface area is 172 Å². The molecule has 28 heavy (non-hydrogen) atoms. The van der Waals surface area contributed by atoms with Gasteiger partial charge in [-0.15, -0.1) is 0 Å². The fourth-order valence-corrected chi connectivity index (χ4v) is 3.44. The highest BCUT2D eigenvalue weighted by Gasteiger charge is 2.12. The second-order valence-electron chi connectivity index (χ2n) is 5.86. The summed E-state index contributed by atoms with van der Waals surface area (Å²) >= 11 is 7.17. The lowest BCUT2D eigenvalue weighted by Crippen LogP contribution is -1.97. The van der Waals surface area contributed by atoms with Crippen LogP contribution in [0.15, 0.2) is 59.5 Å². The van der Waals surface area contributed by atoms with E-state index in [1.165, 1.54) is 12.1 Å². The van der Waals surface area contributed by atoms with Gasteiger partial charge in [-0.3, -0.25) is 0 Å². The van der Waals surface area contributed by atoms with Gasteiger partial charge in [0.15, 0.2) is 11.6 Å². The molecule has 0 spiro atoms. The summed E-state index contributed by atoms with van der Waals surface area (Å²) in [5.41, 5.74) is 1.54. The molecule has 0 aliphatic carbocycles. The summed E-state index contributed by atoms with van der Waals surface area (Å²) in [6.45, 7) is 1.84. The van der Waals surface area contributed by atoms with Crippen molar-refractivity contribution in [2.75, 3.05) is 11.8 Å².